The van der Waals surface area contributed by atoms with Crippen LogP contribution >= 0.6 is 0 Å². The minimum absolute atomic E-state index is 0.0719. The Balaban J connectivity index is 1.86. The van der Waals surface area contributed by atoms with Crippen molar-refractivity contribution in [3.63, 3.8) is 0 Å². The van der Waals surface area contributed by atoms with Crippen LogP contribution in [0.1, 0.15) is 32.1 Å². The van der Waals surface area contributed by atoms with Crippen molar-refractivity contribution < 1.29 is 14.8 Å². The minimum atomic E-state index is -0.567. The van der Waals surface area contributed by atoms with Crippen molar-refractivity contribution in [3.05, 3.63) is 22.6 Å². The fourth-order valence-electron chi connectivity index (χ4n) is 2.69. The summed E-state index contributed by atoms with van der Waals surface area (Å²) >= 11 is 0. The number of likely N-dealkylation sites (N-methyl/N-ethyl adjacent to an activating group) is 1. The molecule has 1 saturated carbocycles. The van der Waals surface area contributed by atoms with Gasteiger partial charge in [-0.25, -0.2) is 0 Å². The molecule has 0 aromatic carbocycles. The van der Waals surface area contributed by atoms with Gasteiger partial charge in [0, 0.05) is 20.0 Å². The highest BCUT2D eigenvalue weighted by atomic mass is 16.6. The Kier molecular flexibility index (Phi) is 4.89. The molecule has 1 aromatic rings. The van der Waals surface area contributed by atoms with Crippen LogP contribution in [0, 0.1) is 10.1 Å². The molecule has 2 rings (SSSR count). The molecule has 1 aliphatic carbocycles. The smallest absolute Gasteiger partial charge is 0.381 e. The van der Waals surface area contributed by atoms with Gasteiger partial charge in [0.2, 0.25) is 12.2 Å². The SMILES string of the molecule is CN(C(=O)CCn1cnc([N+](=O)[O-])c1)C1CCCCC1O. The van der Waals surface area contributed by atoms with Gasteiger partial charge in [0.25, 0.3) is 0 Å². The van der Waals surface area contributed by atoms with Crippen molar-refractivity contribution in [2.45, 2.75) is 50.8 Å². The molecule has 0 saturated heterocycles. The van der Waals surface area contributed by atoms with E-state index in [-0.39, 0.29) is 24.2 Å². The second kappa shape index (κ2) is 6.66. The number of carbonyl (C=O) groups is 1. The van der Waals surface area contributed by atoms with Crippen LogP contribution in [0.5, 0.6) is 0 Å². The Morgan fingerprint density at radius 2 is 2.29 bits per heavy atom. The third-order valence-corrected chi connectivity index (χ3v) is 3.98. The Bertz CT molecular complexity index is 516. The topological polar surface area (TPSA) is 102 Å². The first-order valence-electron chi connectivity index (χ1n) is 7.09. The predicted molar refractivity (Wildman–Crippen MR) is 74.5 cm³/mol. The van der Waals surface area contributed by atoms with Gasteiger partial charge in [-0.05, 0) is 22.7 Å². The second-order valence-corrected chi connectivity index (χ2v) is 5.40. The molecule has 1 N–H and O–H groups in total. The molecule has 1 amide bonds. The van der Waals surface area contributed by atoms with E-state index >= 15 is 0 Å². The molecule has 0 radical (unpaired) electrons. The van der Waals surface area contributed by atoms with E-state index in [9.17, 15) is 20.0 Å². The van der Waals surface area contributed by atoms with Gasteiger partial charge in [-0.2, -0.15) is 0 Å². The number of rotatable bonds is 5. The summed E-state index contributed by atoms with van der Waals surface area (Å²) in [6.45, 7) is 0.340. The molecule has 2 atom stereocenters. The van der Waals surface area contributed by atoms with Crippen molar-refractivity contribution >= 4 is 11.7 Å². The van der Waals surface area contributed by atoms with Gasteiger partial charge >= 0.3 is 5.82 Å². The van der Waals surface area contributed by atoms with E-state index < -0.39 is 11.0 Å². The van der Waals surface area contributed by atoms with E-state index in [2.05, 4.69) is 4.98 Å². The van der Waals surface area contributed by atoms with E-state index in [4.69, 9.17) is 0 Å². The third-order valence-electron chi connectivity index (χ3n) is 3.98. The number of aliphatic hydroxyl groups is 1. The molecular weight excluding hydrogens is 276 g/mol. The fourth-order valence-corrected chi connectivity index (χ4v) is 2.69. The second-order valence-electron chi connectivity index (χ2n) is 5.40. The monoisotopic (exact) mass is 296 g/mol. The highest BCUT2D eigenvalue weighted by Gasteiger charge is 2.29. The summed E-state index contributed by atoms with van der Waals surface area (Å²) in [5.74, 6) is -0.296. The van der Waals surface area contributed by atoms with Gasteiger partial charge in [-0.15, -0.1) is 0 Å². The first kappa shape index (κ1) is 15.4. The zero-order chi connectivity index (χ0) is 15.4. The van der Waals surface area contributed by atoms with Crippen LogP contribution in [0.25, 0.3) is 0 Å². The lowest BCUT2D eigenvalue weighted by Crippen LogP contribution is -2.46. The first-order valence-corrected chi connectivity index (χ1v) is 7.09. The lowest BCUT2D eigenvalue weighted by atomic mass is 9.91. The van der Waals surface area contributed by atoms with Crippen LogP contribution in [0.2, 0.25) is 0 Å². The maximum absolute atomic E-state index is 12.1. The molecule has 1 fully saturated rings. The van der Waals surface area contributed by atoms with E-state index in [0.717, 1.165) is 25.7 Å². The van der Waals surface area contributed by atoms with E-state index in [1.807, 2.05) is 0 Å². The predicted octanol–water partition coefficient (Wildman–Crippen LogP) is 0.943. The molecule has 8 nitrogen and oxygen atoms in total. The molecule has 0 spiro atoms. The lowest BCUT2D eigenvalue weighted by molar-refractivity contribution is -0.389. The Morgan fingerprint density at radius 1 is 1.57 bits per heavy atom. The van der Waals surface area contributed by atoms with E-state index in [1.54, 1.807) is 11.9 Å². The summed E-state index contributed by atoms with van der Waals surface area (Å²) < 4.78 is 1.53. The average Bonchev–Trinajstić information content (AvgIpc) is 2.93. The van der Waals surface area contributed by atoms with Gasteiger partial charge in [-0.1, -0.05) is 12.8 Å². The van der Waals surface area contributed by atoms with Crippen molar-refractivity contribution in [1.29, 1.82) is 0 Å². The zero-order valence-electron chi connectivity index (χ0n) is 12.0. The van der Waals surface area contributed by atoms with Gasteiger partial charge in [0.05, 0.1) is 12.1 Å². The molecule has 1 heterocycles. The quantitative estimate of drug-likeness (QED) is 0.643. The number of amides is 1. The highest BCUT2D eigenvalue weighted by molar-refractivity contribution is 5.76. The molecule has 116 valence electrons. The summed E-state index contributed by atoms with van der Waals surface area (Å²) in [6, 6.07) is -0.122. The van der Waals surface area contributed by atoms with Crippen LogP contribution < -0.4 is 0 Å². The number of imidazole rings is 1. The zero-order valence-corrected chi connectivity index (χ0v) is 12.0. The normalized spacial score (nSPS) is 22.0. The summed E-state index contributed by atoms with van der Waals surface area (Å²) in [5, 5.41) is 20.5. The van der Waals surface area contributed by atoms with Crippen molar-refractivity contribution in [2.75, 3.05) is 7.05 Å². The summed E-state index contributed by atoms with van der Waals surface area (Å²) in [6.07, 6.45) is 6.00. The molecule has 0 aliphatic heterocycles. The maximum Gasteiger partial charge on any atom is 0.381 e. The maximum atomic E-state index is 12.1. The Labute approximate surface area is 122 Å². The molecule has 0 bridgehead atoms. The number of hydrogen-bond acceptors (Lipinski definition) is 5. The average molecular weight is 296 g/mol. The van der Waals surface area contributed by atoms with Crippen molar-refractivity contribution in [2.24, 2.45) is 0 Å². The number of nitrogens with zero attached hydrogens (tertiary/aromatic N) is 4. The minimum Gasteiger partial charge on any atom is -0.391 e. The number of aryl methyl sites for hydroxylation is 1. The molecule has 1 aromatic heterocycles. The van der Waals surface area contributed by atoms with Crippen LogP contribution in [0.15, 0.2) is 12.5 Å². The molecule has 1 aliphatic rings. The lowest BCUT2D eigenvalue weighted by Gasteiger charge is -2.35. The number of hydrogen-bond donors (Lipinski definition) is 1. The Morgan fingerprint density at radius 3 is 2.90 bits per heavy atom. The van der Waals surface area contributed by atoms with Gasteiger partial charge in [-0.3, -0.25) is 4.79 Å². The standard InChI is InChI=1S/C13H20N4O4/c1-15(10-4-2-3-5-11(10)18)13(19)6-7-16-8-12(14-9-16)17(20)21/h8-11,18H,2-7H2,1H3. The van der Waals surface area contributed by atoms with Crippen LogP contribution in [0.3, 0.4) is 0 Å². The highest BCUT2D eigenvalue weighted by Crippen LogP contribution is 2.22. The number of carbonyl (C=O) groups excluding carboxylic acids is 1. The van der Waals surface area contributed by atoms with Crippen LogP contribution in [0.4, 0.5) is 5.82 Å². The Hall–Kier alpha value is -1.96. The summed E-state index contributed by atoms with van der Waals surface area (Å²) in [7, 11) is 1.71. The number of aromatic nitrogens is 2. The van der Waals surface area contributed by atoms with Gasteiger partial charge in [0.15, 0.2) is 0 Å². The molecule has 8 heteroatoms. The molecular formula is C13H20N4O4. The van der Waals surface area contributed by atoms with Gasteiger partial charge < -0.3 is 24.7 Å². The molecule has 21 heavy (non-hydrogen) atoms. The van der Waals surface area contributed by atoms with Gasteiger partial charge in [0.1, 0.15) is 6.20 Å². The summed E-state index contributed by atoms with van der Waals surface area (Å²) in [5.41, 5.74) is 0. The fraction of sp³-hybridized carbons (Fsp3) is 0.692. The summed E-state index contributed by atoms with van der Waals surface area (Å²) in [4.78, 5) is 27.4. The van der Waals surface area contributed by atoms with Crippen molar-refractivity contribution in [3.8, 4) is 0 Å². The molecule has 2 unspecified atom stereocenters. The van der Waals surface area contributed by atoms with Crippen LogP contribution in [-0.2, 0) is 11.3 Å². The van der Waals surface area contributed by atoms with Crippen LogP contribution in [-0.4, -0.2) is 49.6 Å². The van der Waals surface area contributed by atoms with Crippen molar-refractivity contribution in [1.82, 2.24) is 14.5 Å². The van der Waals surface area contributed by atoms with E-state index in [0.29, 0.717) is 6.54 Å². The number of nitro groups is 1. The first-order chi connectivity index (χ1) is 9.99. The largest absolute Gasteiger partial charge is 0.391 e. The third kappa shape index (κ3) is 3.78. The van der Waals surface area contributed by atoms with E-state index in [1.165, 1.54) is 17.1 Å². The number of aliphatic hydroxyl groups excluding tert-OH is 1.